The first kappa shape index (κ1) is 8.27. The molecule has 0 amide bonds. The van der Waals surface area contributed by atoms with E-state index in [1.165, 1.54) is 0 Å². The highest BCUT2D eigenvalue weighted by Crippen LogP contribution is 2.11. The maximum absolute atomic E-state index is 5.53. The number of hydrogen-bond acceptors (Lipinski definition) is 2. The zero-order valence-electron chi connectivity index (χ0n) is 7.12. The molecule has 3 nitrogen and oxygen atoms in total. The summed E-state index contributed by atoms with van der Waals surface area (Å²) in [6, 6.07) is 0.510. The summed E-state index contributed by atoms with van der Waals surface area (Å²) < 4.78 is 2.12. The maximum atomic E-state index is 5.53. The molecule has 1 aromatic heterocycles. The number of nitrogens with zero attached hydrogens (tertiary/aromatic N) is 2. The van der Waals surface area contributed by atoms with Crippen LogP contribution in [0.3, 0.4) is 0 Å². The summed E-state index contributed by atoms with van der Waals surface area (Å²) in [5, 5.41) is 0. The topological polar surface area (TPSA) is 43.8 Å². The lowest BCUT2D eigenvalue weighted by molar-refractivity contribution is 0.512. The van der Waals surface area contributed by atoms with Crippen LogP contribution in [-0.4, -0.2) is 9.55 Å². The van der Waals surface area contributed by atoms with Gasteiger partial charge in [-0.1, -0.05) is 6.92 Å². The molecule has 1 atom stereocenters. The summed E-state index contributed by atoms with van der Waals surface area (Å²) in [4.78, 5) is 4.04. The second-order valence-corrected chi connectivity index (χ2v) is 2.75. The second-order valence-electron chi connectivity index (χ2n) is 2.75. The molecule has 0 fully saturated rings. The number of rotatable bonds is 3. The van der Waals surface area contributed by atoms with E-state index in [4.69, 9.17) is 5.73 Å². The van der Waals surface area contributed by atoms with Gasteiger partial charge in [-0.05, 0) is 13.3 Å². The lowest BCUT2D eigenvalue weighted by atomic mass is 10.2. The van der Waals surface area contributed by atoms with E-state index in [1.54, 1.807) is 0 Å². The van der Waals surface area contributed by atoms with Crippen LogP contribution in [-0.2, 0) is 6.54 Å². The normalized spacial score (nSPS) is 13.4. The van der Waals surface area contributed by atoms with E-state index in [9.17, 15) is 0 Å². The molecule has 0 bridgehead atoms. The molecule has 2 N–H and O–H groups in total. The molecule has 0 aliphatic carbocycles. The molecule has 1 rings (SSSR count). The fourth-order valence-electron chi connectivity index (χ4n) is 1.08. The van der Waals surface area contributed by atoms with Gasteiger partial charge in [-0.3, -0.25) is 0 Å². The van der Waals surface area contributed by atoms with Gasteiger partial charge in [0.05, 0.1) is 12.0 Å². The highest BCUT2D eigenvalue weighted by molar-refractivity contribution is 4.98. The number of nitrogens with two attached hydrogens (primary N) is 1. The van der Waals surface area contributed by atoms with Gasteiger partial charge in [0.15, 0.2) is 0 Å². The van der Waals surface area contributed by atoms with Gasteiger partial charge in [0.25, 0.3) is 0 Å². The molecule has 0 aromatic carbocycles. The summed E-state index contributed by atoms with van der Waals surface area (Å²) >= 11 is 0. The minimum Gasteiger partial charge on any atom is -0.331 e. The summed E-state index contributed by atoms with van der Waals surface area (Å²) in [7, 11) is 0. The van der Waals surface area contributed by atoms with Crippen molar-refractivity contribution in [3.63, 3.8) is 0 Å². The second kappa shape index (κ2) is 3.53. The van der Waals surface area contributed by atoms with Crippen LogP contribution in [0.1, 0.15) is 32.0 Å². The summed E-state index contributed by atoms with van der Waals surface area (Å²) in [6.45, 7) is 4.90. The van der Waals surface area contributed by atoms with Gasteiger partial charge in [-0.2, -0.15) is 0 Å². The number of aromatic nitrogens is 2. The van der Waals surface area contributed by atoms with Gasteiger partial charge >= 0.3 is 0 Å². The van der Waals surface area contributed by atoms with Crippen molar-refractivity contribution in [3.8, 4) is 0 Å². The molecule has 0 spiro atoms. The summed E-state index contributed by atoms with van der Waals surface area (Å²) in [5.41, 5.74) is 6.64. The van der Waals surface area contributed by atoms with Gasteiger partial charge in [0, 0.05) is 18.8 Å². The predicted molar refractivity (Wildman–Crippen MR) is 45.1 cm³/mol. The van der Waals surface area contributed by atoms with Crippen molar-refractivity contribution in [3.05, 3.63) is 18.2 Å². The lowest BCUT2D eigenvalue weighted by Gasteiger charge is -2.12. The Morgan fingerprint density at radius 3 is 3.00 bits per heavy atom. The first-order chi connectivity index (χ1) is 5.29. The van der Waals surface area contributed by atoms with Crippen molar-refractivity contribution >= 4 is 0 Å². The summed E-state index contributed by atoms with van der Waals surface area (Å²) in [6.07, 6.45) is 4.78. The molecule has 3 heteroatoms. The quantitative estimate of drug-likeness (QED) is 0.711. The Morgan fingerprint density at radius 1 is 1.73 bits per heavy atom. The highest BCUT2D eigenvalue weighted by Gasteiger charge is 2.04. The van der Waals surface area contributed by atoms with Gasteiger partial charge in [0.2, 0.25) is 0 Å². The third kappa shape index (κ3) is 1.60. The van der Waals surface area contributed by atoms with Crippen molar-refractivity contribution < 1.29 is 0 Å². The molecular weight excluding hydrogens is 138 g/mol. The van der Waals surface area contributed by atoms with E-state index in [0.717, 1.165) is 12.1 Å². The lowest BCUT2D eigenvalue weighted by Crippen LogP contribution is -2.09. The van der Waals surface area contributed by atoms with Crippen LogP contribution in [0, 0.1) is 0 Å². The Bertz CT molecular complexity index is 217. The third-order valence-corrected chi connectivity index (χ3v) is 2.02. The van der Waals surface area contributed by atoms with Crippen LogP contribution in [0.25, 0.3) is 0 Å². The minimum atomic E-state index is 0.510. The molecule has 1 aromatic rings. The Kier molecular flexibility index (Phi) is 2.65. The molecule has 0 radical (unpaired) electrons. The number of hydrogen-bond donors (Lipinski definition) is 1. The zero-order valence-corrected chi connectivity index (χ0v) is 7.12. The van der Waals surface area contributed by atoms with Crippen molar-refractivity contribution in [2.75, 3.05) is 0 Å². The van der Waals surface area contributed by atoms with Crippen LogP contribution in [0.5, 0.6) is 0 Å². The monoisotopic (exact) mass is 153 g/mol. The fourth-order valence-corrected chi connectivity index (χ4v) is 1.08. The largest absolute Gasteiger partial charge is 0.331 e. The first-order valence-electron chi connectivity index (χ1n) is 4.00. The van der Waals surface area contributed by atoms with Crippen molar-refractivity contribution in [2.24, 2.45) is 5.73 Å². The highest BCUT2D eigenvalue weighted by atomic mass is 15.1. The van der Waals surface area contributed by atoms with E-state index in [0.29, 0.717) is 12.6 Å². The van der Waals surface area contributed by atoms with Crippen molar-refractivity contribution in [1.29, 1.82) is 0 Å². The van der Waals surface area contributed by atoms with Crippen LogP contribution < -0.4 is 5.73 Å². The fraction of sp³-hybridized carbons (Fsp3) is 0.625. The predicted octanol–water partition coefficient (Wildman–Crippen LogP) is 1.31. The first-order valence-corrected chi connectivity index (χ1v) is 4.00. The van der Waals surface area contributed by atoms with Crippen LogP contribution in [0.4, 0.5) is 0 Å². The molecule has 0 saturated carbocycles. The summed E-state index contributed by atoms with van der Waals surface area (Å²) in [5.74, 6) is 0. The number of imidazole rings is 1. The van der Waals surface area contributed by atoms with Gasteiger partial charge in [0.1, 0.15) is 0 Å². The van der Waals surface area contributed by atoms with E-state index < -0.39 is 0 Å². The van der Waals surface area contributed by atoms with E-state index in [-0.39, 0.29) is 0 Å². The molecule has 0 saturated heterocycles. The maximum Gasteiger partial charge on any atom is 0.0951 e. The molecular formula is C8H15N3. The third-order valence-electron chi connectivity index (χ3n) is 2.02. The molecule has 1 unspecified atom stereocenters. The molecule has 0 aliphatic heterocycles. The Hall–Kier alpha value is -0.830. The Morgan fingerprint density at radius 2 is 2.45 bits per heavy atom. The van der Waals surface area contributed by atoms with Gasteiger partial charge in [-0.15, -0.1) is 0 Å². The molecule has 1 heterocycles. The van der Waals surface area contributed by atoms with E-state index in [2.05, 4.69) is 23.4 Å². The molecule has 11 heavy (non-hydrogen) atoms. The Balaban J connectivity index is 2.83. The van der Waals surface area contributed by atoms with Crippen molar-refractivity contribution in [1.82, 2.24) is 9.55 Å². The standard InChI is InChI=1S/C8H15N3/c1-3-7(2)11-6-10-5-8(11)4-9/h5-7H,3-4,9H2,1-2H3. The molecule has 0 aliphatic rings. The van der Waals surface area contributed by atoms with Crippen LogP contribution in [0.2, 0.25) is 0 Å². The van der Waals surface area contributed by atoms with Crippen LogP contribution in [0.15, 0.2) is 12.5 Å². The van der Waals surface area contributed by atoms with Crippen LogP contribution >= 0.6 is 0 Å². The zero-order chi connectivity index (χ0) is 8.27. The Labute approximate surface area is 67.2 Å². The smallest absolute Gasteiger partial charge is 0.0951 e. The van der Waals surface area contributed by atoms with E-state index in [1.807, 2.05) is 12.5 Å². The van der Waals surface area contributed by atoms with Crippen molar-refractivity contribution in [2.45, 2.75) is 32.9 Å². The average Bonchev–Trinajstić information content (AvgIpc) is 2.50. The van der Waals surface area contributed by atoms with Gasteiger partial charge in [-0.25, -0.2) is 4.98 Å². The SMILES string of the molecule is CCC(C)n1cncc1CN. The van der Waals surface area contributed by atoms with Gasteiger partial charge < -0.3 is 10.3 Å². The van der Waals surface area contributed by atoms with E-state index >= 15 is 0 Å². The molecule has 62 valence electrons. The average molecular weight is 153 g/mol. The minimum absolute atomic E-state index is 0.510.